The first-order valence-corrected chi connectivity index (χ1v) is 7.43. The molecule has 0 radical (unpaired) electrons. The fraction of sp³-hybridized carbons (Fsp3) is 0.929. The predicted molar refractivity (Wildman–Crippen MR) is 79.8 cm³/mol. The van der Waals surface area contributed by atoms with Gasteiger partial charge < -0.3 is 34.2 Å². The van der Waals surface area contributed by atoms with E-state index in [-0.39, 0.29) is 12.3 Å². The third-order valence-corrected chi connectivity index (χ3v) is 2.41. The molecule has 0 aliphatic carbocycles. The Morgan fingerprint density at radius 3 is 1.27 bits per heavy atom. The topological polar surface area (TPSA) is 98.5 Å². The van der Waals surface area contributed by atoms with Gasteiger partial charge in [-0.3, -0.25) is 4.79 Å². The van der Waals surface area contributed by atoms with Gasteiger partial charge in [0.1, 0.15) is 0 Å². The second-order valence-electron chi connectivity index (χ2n) is 4.27. The number of carbonyl (C=O) groups is 1. The molecule has 0 rings (SSSR count). The molecule has 0 saturated carbocycles. The minimum absolute atomic E-state index is 0.237. The zero-order valence-electron chi connectivity index (χ0n) is 13.4. The Balaban J connectivity index is 2.95. The van der Waals surface area contributed by atoms with Crippen molar-refractivity contribution in [1.82, 2.24) is 0 Å². The fourth-order valence-electron chi connectivity index (χ4n) is 1.30. The quantitative estimate of drug-likeness (QED) is 0.342. The lowest BCUT2D eigenvalue weighted by molar-refractivity contribution is -0.119. The van der Waals surface area contributed by atoms with E-state index >= 15 is 0 Å². The molecule has 8 nitrogen and oxygen atoms in total. The molecule has 0 aromatic carbocycles. The summed E-state index contributed by atoms with van der Waals surface area (Å²) in [5.74, 6) is -0.363. The zero-order valence-corrected chi connectivity index (χ0v) is 13.4. The Hall–Kier alpha value is -0.770. The van der Waals surface area contributed by atoms with E-state index in [1.165, 1.54) is 0 Å². The van der Waals surface area contributed by atoms with Crippen LogP contribution in [-0.2, 0) is 33.2 Å². The monoisotopic (exact) mass is 323 g/mol. The highest BCUT2D eigenvalue weighted by Crippen LogP contribution is 1.85. The number of ether oxygens (including phenoxy) is 6. The molecule has 0 bridgehead atoms. The van der Waals surface area contributed by atoms with E-state index in [9.17, 15) is 4.79 Å². The number of methoxy groups -OCH3 is 1. The Morgan fingerprint density at radius 2 is 0.955 bits per heavy atom. The lowest BCUT2D eigenvalue weighted by Crippen LogP contribution is -2.16. The third kappa shape index (κ3) is 19.2. The number of carbonyl (C=O) groups excluding carboxylic acids is 1. The van der Waals surface area contributed by atoms with Gasteiger partial charge in [0.05, 0.1) is 72.7 Å². The lowest BCUT2D eigenvalue weighted by Gasteiger charge is -2.07. The Kier molecular flexibility index (Phi) is 17.6. The number of rotatable bonds is 18. The van der Waals surface area contributed by atoms with Crippen molar-refractivity contribution in [3.8, 4) is 0 Å². The molecule has 0 aromatic rings. The van der Waals surface area contributed by atoms with Gasteiger partial charge in [-0.25, -0.2) is 0 Å². The molecule has 2 N–H and O–H groups in total. The minimum Gasteiger partial charge on any atom is -0.382 e. The van der Waals surface area contributed by atoms with Crippen LogP contribution in [0, 0.1) is 0 Å². The number of hydrogen-bond donors (Lipinski definition) is 1. The van der Waals surface area contributed by atoms with Crippen molar-refractivity contribution in [3.63, 3.8) is 0 Å². The highest BCUT2D eigenvalue weighted by Gasteiger charge is 1.95. The van der Waals surface area contributed by atoms with Gasteiger partial charge in [0, 0.05) is 13.5 Å². The summed E-state index contributed by atoms with van der Waals surface area (Å²) in [5.41, 5.74) is 4.97. The highest BCUT2D eigenvalue weighted by atomic mass is 16.6. The number of primary amides is 1. The molecule has 0 aliphatic rings. The highest BCUT2D eigenvalue weighted by molar-refractivity contribution is 5.73. The minimum atomic E-state index is -0.363. The Bertz CT molecular complexity index is 241. The lowest BCUT2D eigenvalue weighted by atomic mass is 10.4. The van der Waals surface area contributed by atoms with Gasteiger partial charge in [-0.05, 0) is 0 Å². The fourth-order valence-corrected chi connectivity index (χ4v) is 1.30. The molecule has 22 heavy (non-hydrogen) atoms. The van der Waals surface area contributed by atoms with Crippen LogP contribution in [-0.4, -0.2) is 85.7 Å². The van der Waals surface area contributed by atoms with Crippen molar-refractivity contribution in [3.05, 3.63) is 0 Å². The van der Waals surface area contributed by atoms with Gasteiger partial charge in [-0.15, -0.1) is 0 Å². The van der Waals surface area contributed by atoms with Crippen LogP contribution in [0.25, 0.3) is 0 Å². The maximum absolute atomic E-state index is 10.4. The van der Waals surface area contributed by atoms with Crippen LogP contribution in [0.15, 0.2) is 0 Å². The van der Waals surface area contributed by atoms with E-state index in [2.05, 4.69) is 0 Å². The maximum Gasteiger partial charge on any atom is 0.219 e. The van der Waals surface area contributed by atoms with Crippen molar-refractivity contribution in [2.45, 2.75) is 6.42 Å². The average molecular weight is 323 g/mol. The summed E-state index contributed by atoms with van der Waals surface area (Å²) >= 11 is 0. The summed E-state index contributed by atoms with van der Waals surface area (Å²) < 4.78 is 31.2. The van der Waals surface area contributed by atoms with Crippen LogP contribution in [0.3, 0.4) is 0 Å². The molecule has 0 fully saturated rings. The second-order valence-corrected chi connectivity index (χ2v) is 4.27. The van der Waals surface area contributed by atoms with Crippen LogP contribution in [0.1, 0.15) is 6.42 Å². The Labute approximate surface area is 132 Å². The summed E-state index contributed by atoms with van der Waals surface area (Å²) in [6.07, 6.45) is 0.237. The smallest absolute Gasteiger partial charge is 0.219 e. The zero-order chi connectivity index (χ0) is 16.3. The summed E-state index contributed by atoms with van der Waals surface area (Å²) in [6.45, 7) is 5.60. The van der Waals surface area contributed by atoms with Gasteiger partial charge in [-0.2, -0.15) is 0 Å². The molecular formula is C14H29NO7. The van der Waals surface area contributed by atoms with E-state index < -0.39 is 0 Å². The van der Waals surface area contributed by atoms with Crippen LogP contribution in [0.2, 0.25) is 0 Å². The van der Waals surface area contributed by atoms with Gasteiger partial charge in [0.2, 0.25) is 5.91 Å². The first-order valence-electron chi connectivity index (χ1n) is 7.43. The molecule has 132 valence electrons. The van der Waals surface area contributed by atoms with Crippen molar-refractivity contribution in [2.75, 3.05) is 79.8 Å². The number of amides is 1. The first kappa shape index (κ1) is 21.2. The molecule has 0 aromatic heterocycles. The van der Waals surface area contributed by atoms with Crippen molar-refractivity contribution >= 4 is 5.91 Å². The van der Waals surface area contributed by atoms with Gasteiger partial charge in [0.15, 0.2) is 0 Å². The van der Waals surface area contributed by atoms with Crippen LogP contribution in [0.4, 0.5) is 0 Å². The summed E-state index contributed by atoms with van der Waals surface area (Å²) in [6, 6.07) is 0. The standard InChI is InChI=1S/C14H29NO7/c1-17-4-5-19-8-9-21-12-13-22-11-10-20-7-6-18-3-2-14(15)16/h2-13H2,1H3,(H2,15,16). The normalized spacial score (nSPS) is 11.0. The summed E-state index contributed by atoms with van der Waals surface area (Å²) in [5, 5.41) is 0. The number of nitrogens with two attached hydrogens (primary N) is 1. The first-order chi connectivity index (χ1) is 10.8. The molecule has 1 amide bonds. The number of hydrogen-bond acceptors (Lipinski definition) is 7. The van der Waals surface area contributed by atoms with Gasteiger partial charge >= 0.3 is 0 Å². The van der Waals surface area contributed by atoms with Gasteiger partial charge in [-0.1, -0.05) is 0 Å². The summed E-state index contributed by atoms with van der Waals surface area (Å²) in [4.78, 5) is 10.4. The van der Waals surface area contributed by atoms with Crippen molar-refractivity contribution in [2.24, 2.45) is 5.73 Å². The molecule has 0 saturated heterocycles. The SMILES string of the molecule is COCCOCCOCCOCCOCCOCCC(N)=O. The predicted octanol–water partition coefficient (Wildman–Crippen LogP) is -0.409. The van der Waals surface area contributed by atoms with Crippen LogP contribution < -0.4 is 5.73 Å². The van der Waals surface area contributed by atoms with E-state index in [0.717, 1.165) is 0 Å². The van der Waals surface area contributed by atoms with E-state index in [0.29, 0.717) is 72.7 Å². The molecule has 0 spiro atoms. The molecule has 0 heterocycles. The molecule has 0 aliphatic heterocycles. The second kappa shape index (κ2) is 18.3. The molecular weight excluding hydrogens is 294 g/mol. The van der Waals surface area contributed by atoms with Crippen LogP contribution >= 0.6 is 0 Å². The van der Waals surface area contributed by atoms with E-state index in [4.69, 9.17) is 34.2 Å². The van der Waals surface area contributed by atoms with Gasteiger partial charge in [0.25, 0.3) is 0 Å². The molecule has 8 heteroatoms. The Morgan fingerprint density at radius 1 is 0.636 bits per heavy atom. The van der Waals surface area contributed by atoms with E-state index in [1.807, 2.05) is 0 Å². The average Bonchev–Trinajstić information content (AvgIpc) is 2.50. The van der Waals surface area contributed by atoms with Crippen molar-refractivity contribution in [1.29, 1.82) is 0 Å². The molecule has 0 unspecified atom stereocenters. The van der Waals surface area contributed by atoms with E-state index in [1.54, 1.807) is 7.11 Å². The summed E-state index contributed by atoms with van der Waals surface area (Å²) in [7, 11) is 1.64. The maximum atomic E-state index is 10.4. The van der Waals surface area contributed by atoms with Crippen molar-refractivity contribution < 1.29 is 33.2 Å². The van der Waals surface area contributed by atoms with Crippen LogP contribution in [0.5, 0.6) is 0 Å². The largest absolute Gasteiger partial charge is 0.382 e. The third-order valence-electron chi connectivity index (χ3n) is 2.41. The molecule has 0 atom stereocenters.